The van der Waals surface area contributed by atoms with E-state index in [2.05, 4.69) is 32.9 Å². The van der Waals surface area contributed by atoms with Crippen molar-refractivity contribution in [2.24, 2.45) is 0 Å². The zero-order chi connectivity index (χ0) is 43.7. The summed E-state index contributed by atoms with van der Waals surface area (Å²) >= 11 is 0. The number of unbranched alkanes of at least 4 members (excludes halogenated alkanes) is 36. The van der Waals surface area contributed by atoms with Gasteiger partial charge in [0.05, 0.1) is 0 Å². The monoisotopic (exact) mass is 847 g/mol. The van der Waals surface area contributed by atoms with E-state index in [4.69, 9.17) is 14.2 Å². The Labute approximate surface area is 373 Å². The van der Waals surface area contributed by atoms with Gasteiger partial charge in [0.1, 0.15) is 13.2 Å². The Morgan fingerprint density at radius 1 is 0.317 bits per heavy atom. The Hall–Kier alpha value is -1.85. The van der Waals surface area contributed by atoms with E-state index in [1.165, 1.54) is 199 Å². The van der Waals surface area contributed by atoms with Gasteiger partial charge in [-0.2, -0.15) is 0 Å². The van der Waals surface area contributed by atoms with Gasteiger partial charge in [0.15, 0.2) is 6.10 Å². The summed E-state index contributed by atoms with van der Waals surface area (Å²) in [6, 6.07) is 0. The molecule has 0 heterocycles. The minimum Gasteiger partial charge on any atom is -0.462 e. The Morgan fingerprint density at radius 3 is 0.833 bits per heavy atom. The van der Waals surface area contributed by atoms with Crippen LogP contribution in [0.1, 0.15) is 297 Å². The molecule has 6 nitrogen and oxygen atoms in total. The number of hydrogen-bond acceptors (Lipinski definition) is 6. The minimum absolute atomic E-state index is 0.0659. The number of carbonyl (C=O) groups is 3. The van der Waals surface area contributed by atoms with Gasteiger partial charge in [0, 0.05) is 19.3 Å². The third-order valence-corrected chi connectivity index (χ3v) is 12.0. The van der Waals surface area contributed by atoms with Gasteiger partial charge in [-0.3, -0.25) is 14.4 Å². The van der Waals surface area contributed by atoms with Crippen LogP contribution >= 0.6 is 0 Å². The van der Waals surface area contributed by atoms with E-state index in [0.29, 0.717) is 19.3 Å². The van der Waals surface area contributed by atoms with Gasteiger partial charge in [0.2, 0.25) is 0 Å². The zero-order valence-electron chi connectivity index (χ0n) is 40.5. The maximum atomic E-state index is 12.7. The molecule has 0 spiro atoms. The van der Waals surface area contributed by atoms with E-state index >= 15 is 0 Å². The van der Waals surface area contributed by atoms with Crippen LogP contribution in [0.4, 0.5) is 0 Å². The molecule has 0 aliphatic carbocycles. The first-order valence-corrected chi connectivity index (χ1v) is 26.7. The molecular formula is C54H102O6. The van der Waals surface area contributed by atoms with Crippen LogP contribution in [-0.2, 0) is 28.6 Å². The summed E-state index contributed by atoms with van der Waals surface area (Å²) in [7, 11) is 0. The molecule has 1 unspecified atom stereocenters. The highest BCUT2D eigenvalue weighted by molar-refractivity contribution is 5.71. The topological polar surface area (TPSA) is 78.9 Å². The first-order valence-electron chi connectivity index (χ1n) is 26.7. The Morgan fingerprint density at radius 2 is 0.550 bits per heavy atom. The molecule has 0 aromatic heterocycles. The lowest BCUT2D eigenvalue weighted by Gasteiger charge is -2.18. The lowest BCUT2D eigenvalue weighted by molar-refractivity contribution is -0.167. The van der Waals surface area contributed by atoms with Crippen LogP contribution in [-0.4, -0.2) is 37.2 Å². The van der Waals surface area contributed by atoms with Gasteiger partial charge in [0.25, 0.3) is 0 Å². The SMILES string of the molecule is CCCCCCCCCC/C=C\CCCCCCCCCCCCCC(=O)OCC(COC(=O)CCCCCCCC)OC(=O)CCCCCCCCCCCCCCC. The highest BCUT2D eigenvalue weighted by Gasteiger charge is 2.19. The van der Waals surface area contributed by atoms with Crippen molar-refractivity contribution in [2.75, 3.05) is 13.2 Å². The predicted octanol–water partition coefficient (Wildman–Crippen LogP) is 17.4. The minimum atomic E-state index is -0.761. The number of rotatable bonds is 49. The quantitative estimate of drug-likeness (QED) is 0.0263. The normalized spacial score (nSPS) is 12.0. The molecule has 0 bridgehead atoms. The molecule has 0 aromatic rings. The molecule has 0 radical (unpaired) electrons. The summed E-state index contributed by atoms with van der Waals surface area (Å²) in [5.74, 6) is -0.861. The summed E-state index contributed by atoms with van der Waals surface area (Å²) in [4.78, 5) is 37.7. The number of allylic oxidation sites excluding steroid dienone is 2. The fraction of sp³-hybridized carbons (Fsp3) is 0.907. The predicted molar refractivity (Wildman–Crippen MR) is 256 cm³/mol. The molecule has 0 amide bonds. The van der Waals surface area contributed by atoms with Crippen LogP contribution in [0.25, 0.3) is 0 Å². The maximum Gasteiger partial charge on any atom is 0.306 e. The molecule has 0 aromatic carbocycles. The lowest BCUT2D eigenvalue weighted by Crippen LogP contribution is -2.30. The zero-order valence-corrected chi connectivity index (χ0v) is 40.5. The number of ether oxygens (including phenoxy) is 3. The number of carbonyl (C=O) groups excluding carboxylic acids is 3. The largest absolute Gasteiger partial charge is 0.462 e. The molecule has 1 atom stereocenters. The molecule has 354 valence electrons. The second kappa shape index (κ2) is 49.8. The summed E-state index contributed by atoms with van der Waals surface area (Å²) in [6.07, 6.45) is 55.2. The van der Waals surface area contributed by atoms with Crippen molar-refractivity contribution in [2.45, 2.75) is 303 Å². The van der Waals surface area contributed by atoms with Gasteiger partial charge >= 0.3 is 17.9 Å². The molecule has 0 aliphatic heterocycles. The molecular weight excluding hydrogens is 745 g/mol. The Kier molecular flexibility index (Phi) is 48.3. The fourth-order valence-corrected chi connectivity index (χ4v) is 7.97. The highest BCUT2D eigenvalue weighted by Crippen LogP contribution is 2.16. The third-order valence-electron chi connectivity index (χ3n) is 12.0. The summed E-state index contributed by atoms with van der Waals surface area (Å²) in [5.41, 5.74) is 0. The van der Waals surface area contributed by atoms with Gasteiger partial charge in [-0.1, -0.05) is 245 Å². The van der Waals surface area contributed by atoms with Crippen LogP contribution < -0.4 is 0 Å². The van der Waals surface area contributed by atoms with Crippen molar-refractivity contribution in [1.82, 2.24) is 0 Å². The molecule has 0 N–H and O–H groups in total. The summed E-state index contributed by atoms with van der Waals surface area (Å²) < 4.78 is 16.7. The van der Waals surface area contributed by atoms with Crippen LogP contribution in [0.5, 0.6) is 0 Å². The maximum absolute atomic E-state index is 12.7. The van der Waals surface area contributed by atoms with Crippen LogP contribution in [0.2, 0.25) is 0 Å². The average Bonchev–Trinajstić information content (AvgIpc) is 3.24. The van der Waals surface area contributed by atoms with Crippen LogP contribution in [0.3, 0.4) is 0 Å². The first kappa shape index (κ1) is 58.1. The van der Waals surface area contributed by atoms with E-state index in [9.17, 15) is 14.4 Å². The van der Waals surface area contributed by atoms with Gasteiger partial charge in [-0.15, -0.1) is 0 Å². The molecule has 0 fully saturated rings. The van der Waals surface area contributed by atoms with Crippen molar-refractivity contribution in [3.63, 3.8) is 0 Å². The number of esters is 3. The lowest BCUT2D eigenvalue weighted by atomic mass is 10.0. The standard InChI is InChI=1S/C54H102O6/c1-4-7-10-13-16-18-20-22-23-24-25-26-27-28-29-30-31-33-34-36-38-41-44-47-53(56)59-50-51(49-58-52(55)46-43-40-15-12-9-6-3)60-54(57)48-45-42-39-37-35-32-21-19-17-14-11-8-5-2/h24-25,51H,4-23,26-50H2,1-3H3/b25-24-. The Balaban J connectivity index is 4.08. The van der Waals surface area contributed by atoms with Gasteiger partial charge in [-0.25, -0.2) is 0 Å². The van der Waals surface area contributed by atoms with Crippen molar-refractivity contribution < 1.29 is 28.6 Å². The smallest absolute Gasteiger partial charge is 0.306 e. The third kappa shape index (κ3) is 47.2. The molecule has 0 rings (SSSR count). The van der Waals surface area contributed by atoms with Gasteiger partial charge < -0.3 is 14.2 Å². The second-order valence-corrected chi connectivity index (χ2v) is 18.2. The van der Waals surface area contributed by atoms with E-state index in [0.717, 1.165) is 57.8 Å². The van der Waals surface area contributed by atoms with Crippen molar-refractivity contribution in [3.05, 3.63) is 12.2 Å². The molecule has 60 heavy (non-hydrogen) atoms. The Bertz CT molecular complexity index is 931. The van der Waals surface area contributed by atoms with Crippen molar-refractivity contribution >= 4 is 17.9 Å². The molecule has 0 saturated heterocycles. The van der Waals surface area contributed by atoms with Crippen LogP contribution in [0.15, 0.2) is 12.2 Å². The van der Waals surface area contributed by atoms with Crippen molar-refractivity contribution in [1.29, 1.82) is 0 Å². The van der Waals surface area contributed by atoms with E-state index in [1.807, 2.05) is 0 Å². The van der Waals surface area contributed by atoms with E-state index in [-0.39, 0.29) is 31.1 Å². The molecule has 0 aliphatic rings. The molecule has 0 saturated carbocycles. The summed E-state index contributed by atoms with van der Waals surface area (Å²) in [5, 5.41) is 0. The highest BCUT2D eigenvalue weighted by atomic mass is 16.6. The first-order chi connectivity index (χ1) is 29.5. The van der Waals surface area contributed by atoms with E-state index < -0.39 is 6.10 Å². The molecule has 6 heteroatoms. The average molecular weight is 847 g/mol. The fourth-order valence-electron chi connectivity index (χ4n) is 7.97. The number of hydrogen-bond donors (Lipinski definition) is 0. The van der Waals surface area contributed by atoms with Crippen molar-refractivity contribution in [3.8, 4) is 0 Å². The van der Waals surface area contributed by atoms with E-state index in [1.54, 1.807) is 0 Å². The van der Waals surface area contributed by atoms with Gasteiger partial charge in [-0.05, 0) is 44.9 Å². The van der Waals surface area contributed by atoms with Crippen LogP contribution in [0, 0.1) is 0 Å². The summed E-state index contributed by atoms with van der Waals surface area (Å²) in [6.45, 7) is 6.61. The second-order valence-electron chi connectivity index (χ2n) is 18.2.